The van der Waals surface area contributed by atoms with Crippen LogP contribution in [0, 0.1) is 5.82 Å². The van der Waals surface area contributed by atoms with E-state index in [1.54, 1.807) is 12.1 Å². The van der Waals surface area contributed by atoms with Crippen molar-refractivity contribution in [3.63, 3.8) is 0 Å². The summed E-state index contributed by atoms with van der Waals surface area (Å²) in [5, 5.41) is 13.6. The topological polar surface area (TPSA) is 45.4 Å². The molecule has 2 unspecified atom stereocenters. The second-order valence-corrected chi connectivity index (χ2v) is 5.80. The summed E-state index contributed by atoms with van der Waals surface area (Å²) in [7, 11) is 0. The molecule has 3 aromatic rings. The van der Waals surface area contributed by atoms with E-state index in [0.29, 0.717) is 12.3 Å². The van der Waals surface area contributed by atoms with Crippen molar-refractivity contribution in [1.29, 1.82) is 0 Å². The summed E-state index contributed by atoms with van der Waals surface area (Å²) >= 11 is 0. The summed E-state index contributed by atoms with van der Waals surface area (Å²) in [5.41, 5.74) is 1.71. The maximum atomic E-state index is 13.0. The summed E-state index contributed by atoms with van der Waals surface area (Å²) in [5.74, 6) is 1.19. The van der Waals surface area contributed by atoms with E-state index in [-0.39, 0.29) is 11.9 Å². The lowest BCUT2D eigenvalue weighted by Crippen LogP contribution is -2.31. The van der Waals surface area contributed by atoms with Crippen molar-refractivity contribution in [2.45, 2.75) is 25.6 Å². The first-order valence-electron chi connectivity index (χ1n) is 7.94. The van der Waals surface area contributed by atoms with Crippen molar-refractivity contribution in [2.75, 3.05) is 0 Å². The molecule has 0 radical (unpaired) electrons. The van der Waals surface area contributed by atoms with Gasteiger partial charge in [-0.1, -0.05) is 30.3 Å². The molecule has 24 heavy (non-hydrogen) atoms. The van der Waals surface area contributed by atoms with Crippen LogP contribution in [0.15, 0.2) is 71.1 Å². The predicted octanol–water partition coefficient (Wildman–Crippen LogP) is 4.30. The lowest BCUT2D eigenvalue weighted by molar-refractivity contribution is 0.134. The fourth-order valence-corrected chi connectivity index (χ4v) is 2.55. The zero-order valence-corrected chi connectivity index (χ0v) is 13.4. The largest absolute Gasteiger partial charge is 0.460 e. The molecule has 3 rings (SSSR count). The Bertz CT molecular complexity index is 768. The number of benzene rings is 2. The van der Waals surface area contributed by atoms with Gasteiger partial charge in [0.1, 0.15) is 17.3 Å². The lowest BCUT2D eigenvalue weighted by Gasteiger charge is -2.20. The smallest absolute Gasteiger partial charge is 0.134 e. The highest BCUT2D eigenvalue weighted by atomic mass is 19.1. The van der Waals surface area contributed by atoms with Crippen LogP contribution in [0.1, 0.15) is 24.4 Å². The van der Waals surface area contributed by atoms with Gasteiger partial charge in [0, 0.05) is 11.6 Å². The second-order valence-electron chi connectivity index (χ2n) is 5.80. The molecule has 0 saturated carbocycles. The average molecular weight is 325 g/mol. The molecule has 2 atom stereocenters. The number of halogens is 1. The molecular weight excluding hydrogens is 305 g/mol. The molecule has 0 aliphatic rings. The van der Waals surface area contributed by atoms with Crippen LogP contribution < -0.4 is 5.32 Å². The van der Waals surface area contributed by atoms with Gasteiger partial charge in [0.25, 0.3) is 0 Å². The maximum absolute atomic E-state index is 13.0. The minimum absolute atomic E-state index is 0.119. The predicted molar refractivity (Wildman–Crippen MR) is 91.8 cm³/mol. The lowest BCUT2D eigenvalue weighted by atomic mass is 10.0. The van der Waals surface area contributed by atoms with Gasteiger partial charge >= 0.3 is 0 Å². The standard InChI is InChI=1S/C20H20FNO2/c1-14(20(23)16-5-3-2-4-6-16)22-13-18-11-12-19(24-18)15-7-9-17(21)10-8-15/h2-12,14,20,22-23H,13H2,1H3. The molecule has 0 aliphatic carbocycles. The molecule has 0 amide bonds. The first kappa shape index (κ1) is 16.4. The van der Waals surface area contributed by atoms with E-state index in [0.717, 1.165) is 16.9 Å². The number of aliphatic hydroxyl groups excluding tert-OH is 1. The minimum Gasteiger partial charge on any atom is -0.460 e. The third-order valence-electron chi connectivity index (χ3n) is 4.00. The Morgan fingerprint density at radius 1 is 1.00 bits per heavy atom. The Labute approximate surface area is 140 Å². The fourth-order valence-electron chi connectivity index (χ4n) is 2.55. The molecule has 1 heterocycles. The fraction of sp³-hybridized carbons (Fsp3) is 0.200. The Kier molecular flexibility index (Phi) is 5.08. The van der Waals surface area contributed by atoms with Gasteiger partial charge in [-0.15, -0.1) is 0 Å². The molecule has 4 heteroatoms. The number of hydrogen-bond acceptors (Lipinski definition) is 3. The average Bonchev–Trinajstić information content (AvgIpc) is 3.09. The first-order valence-corrected chi connectivity index (χ1v) is 7.94. The van der Waals surface area contributed by atoms with E-state index < -0.39 is 6.10 Å². The molecular formula is C20H20FNO2. The van der Waals surface area contributed by atoms with Gasteiger partial charge in [0.05, 0.1) is 12.6 Å². The zero-order chi connectivity index (χ0) is 16.9. The Balaban J connectivity index is 1.60. The van der Waals surface area contributed by atoms with Crippen molar-refractivity contribution in [3.05, 3.63) is 83.9 Å². The molecule has 0 spiro atoms. The van der Waals surface area contributed by atoms with E-state index in [1.807, 2.05) is 49.4 Å². The SMILES string of the molecule is CC(NCc1ccc(-c2ccc(F)cc2)o1)C(O)c1ccccc1. The third-order valence-corrected chi connectivity index (χ3v) is 4.00. The molecule has 124 valence electrons. The number of furan rings is 1. The highest BCUT2D eigenvalue weighted by Crippen LogP contribution is 2.23. The van der Waals surface area contributed by atoms with Crippen LogP contribution in [-0.2, 0) is 6.54 Å². The summed E-state index contributed by atoms with van der Waals surface area (Å²) in [6, 6.07) is 19.4. The van der Waals surface area contributed by atoms with Crippen molar-refractivity contribution in [3.8, 4) is 11.3 Å². The Morgan fingerprint density at radius 2 is 1.71 bits per heavy atom. The van der Waals surface area contributed by atoms with Crippen LogP contribution in [0.25, 0.3) is 11.3 Å². The highest BCUT2D eigenvalue weighted by molar-refractivity contribution is 5.57. The molecule has 2 N–H and O–H groups in total. The van der Waals surface area contributed by atoms with Gasteiger partial charge < -0.3 is 14.8 Å². The monoisotopic (exact) mass is 325 g/mol. The van der Waals surface area contributed by atoms with Crippen molar-refractivity contribution in [1.82, 2.24) is 5.32 Å². The zero-order valence-electron chi connectivity index (χ0n) is 13.4. The summed E-state index contributed by atoms with van der Waals surface area (Å²) in [6.45, 7) is 2.44. The molecule has 0 aliphatic heterocycles. The van der Waals surface area contributed by atoms with Crippen molar-refractivity contribution < 1.29 is 13.9 Å². The molecule has 1 aromatic heterocycles. The molecule has 0 saturated heterocycles. The van der Waals surface area contributed by atoms with E-state index in [2.05, 4.69) is 5.32 Å². The van der Waals surface area contributed by atoms with Crippen LogP contribution >= 0.6 is 0 Å². The van der Waals surface area contributed by atoms with Gasteiger partial charge in [0.2, 0.25) is 0 Å². The second kappa shape index (κ2) is 7.43. The van der Waals surface area contributed by atoms with Gasteiger partial charge in [-0.25, -0.2) is 4.39 Å². The molecule has 3 nitrogen and oxygen atoms in total. The number of nitrogens with one attached hydrogen (secondary N) is 1. The van der Waals surface area contributed by atoms with Crippen LogP contribution in [0.4, 0.5) is 4.39 Å². The van der Waals surface area contributed by atoms with Crippen molar-refractivity contribution >= 4 is 0 Å². The van der Waals surface area contributed by atoms with E-state index in [4.69, 9.17) is 4.42 Å². The minimum atomic E-state index is -0.585. The van der Waals surface area contributed by atoms with Crippen LogP contribution in [0.3, 0.4) is 0 Å². The summed E-state index contributed by atoms with van der Waals surface area (Å²) < 4.78 is 18.7. The van der Waals surface area contributed by atoms with Gasteiger partial charge in [-0.2, -0.15) is 0 Å². The van der Waals surface area contributed by atoms with Crippen LogP contribution in [-0.4, -0.2) is 11.1 Å². The Hall–Kier alpha value is -2.43. The quantitative estimate of drug-likeness (QED) is 0.710. The third kappa shape index (κ3) is 3.91. The van der Waals surface area contributed by atoms with Crippen molar-refractivity contribution in [2.24, 2.45) is 0 Å². The van der Waals surface area contributed by atoms with Gasteiger partial charge in [0.15, 0.2) is 0 Å². The first-order chi connectivity index (χ1) is 11.6. The van der Waals surface area contributed by atoms with E-state index in [1.165, 1.54) is 12.1 Å². The normalized spacial score (nSPS) is 13.6. The van der Waals surface area contributed by atoms with E-state index in [9.17, 15) is 9.50 Å². The van der Waals surface area contributed by atoms with E-state index >= 15 is 0 Å². The summed E-state index contributed by atoms with van der Waals surface area (Å²) in [6.07, 6.45) is -0.585. The van der Waals surface area contributed by atoms with Crippen LogP contribution in [0.5, 0.6) is 0 Å². The molecule has 0 fully saturated rings. The number of rotatable bonds is 6. The molecule has 2 aromatic carbocycles. The molecule has 0 bridgehead atoms. The number of hydrogen-bond donors (Lipinski definition) is 2. The van der Waals surface area contributed by atoms with Gasteiger partial charge in [-0.05, 0) is 48.9 Å². The van der Waals surface area contributed by atoms with Crippen LogP contribution in [0.2, 0.25) is 0 Å². The summed E-state index contributed by atoms with van der Waals surface area (Å²) in [4.78, 5) is 0. The maximum Gasteiger partial charge on any atom is 0.134 e. The Morgan fingerprint density at radius 3 is 2.42 bits per heavy atom. The number of aliphatic hydroxyl groups is 1. The highest BCUT2D eigenvalue weighted by Gasteiger charge is 2.16. The van der Waals surface area contributed by atoms with Gasteiger partial charge in [-0.3, -0.25) is 0 Å².